The molecule has 1 aromatic heterocycles. The maximum Gasteiger partial charge on any atom is 0.185 e. The van der Waals surface area contributed by atoms with Crippen LogP contribution in [0.4, 0.5) is 0 Å². The Bertz CT molecular complexity index is 320. The second-order valence-corrected chi connectivity index (χ2v) is 5.02. The molecule has 82 valence electrons. The molecule has 15 heavy (non-hydrogen) atoms. The Kier molecular flexibility index (Phi) is 3.52. The van der Waals surface area contributed by atoms with Crippen LogP contribution in [0.1, 0.15) is 49.5 Å². The van der Waals surface area contributed by atoms with Crippen molar-refractivity contribution in [2.45, 2.75) is 39.0 Å². The fourth-order valence-corrected chi connectivity index (χ4v) is 3.11. The molecule has 0 amide bonds. The summed E-state index contributed by atoms with van der Waals surface area (Å²) >= 11 is 1.51. The minimum atomic E-state index is 0.242. The molecule has 1 fully saturated rings. The molecule has 0 saturated heterocycles. The summed E-state index contributed by atoms with van der Waals surface area (Å²) in [5, 5.41) is 1.88. The van der Waals surface area contributed by atoms with Gasteiger partial charge in [-0.3, -0.25) is 4.79 Å². The number of ketones is 1. The van der Waals surface area contributed by atoms with Gasteiger partial charge in [-0.15, -0.1) is 11.3 Å². The quantitative estimate of drug-likeness (QED) is 0.734. The summed E-state index contributed by atoms with van der Waals surface area (Å²) in [6, 6.07) is 0. The molecule has 2 unspecified atom stereocenters. The van der Waals surface area contributed by atoms with E-state index in [0.717, 1.165) is 12.8 Å². The van der Waals surface area contributed by atoms with Crippen molar-refractivity contribution < 1.29 is 4.79 Å². The zero-order valence-electron chi connectivity index (χ0n) is 9.11. The van der Waals surface area contributed by atoms with E-state index in [9.17, 15) is 4.79 Å². The highest BCUT2D eigenvalue weighted by Gasteiger charge is 2.30. The number of aromatic nitrogens is 1. The molecule has 1 aromatic rings. The molecule has 0 aliphatic heterocycles. The van der Waals surface area contributed by atoms with Gasteiger partial charge in [-0.2, -0.15) is 0 Å². The first kappa shape index (κ1) is 10.8. The van der Waals surface area contributed by atoms with Gasteiger partial charge in [-0.1, -0.05) is 26.2 Å². The third-order valence-corrected chi connectivity index (χ3v) is 4.04. The van der Waals surface area contributed by atoms with E-state index in [1.165, 1.54) is 30.6 Å². The SMILES string of the molecule is CCC1CCCCC1C(=O)c1cscn1. The zero-order chi connectivity index (χ0) is 10.7. The minimum absolute atomic E-state index is 0.242. The van der Waals surface area contributed by atoms with E-state index in [0.29, 0.717) is 11.6 Å². The molecule has 1 aliphatic carbocycles. The highest BCUT2D eigenvalue weighted by atomic mass is 32.1. The summed E-state index contributed by atoms with van der Waals surface area (Å²) in [7, 11) is 0. The van der Waals surface area contributed by atoms with Crippen molar-refractivity contribution in [1.82, 2.24) is 4.98 Å². The Morgan fingerprint density at radius 3 is 3.00 bits per heavy atom. The molecule has 0 bridgehead atoms. The van der Waals surface area contributed by atoms with Gasteiger partial charge in [0.15, 0.2) is 5.78 Å². The summed E-state index contributed by atoms with van der Waals surface area (Å²) in [5.74, 6) is 1.11. The summed E-state index contributed by atoms with van der Waals surface area (Å²) in [6.45, 7) is 2.19. The monoisotopic (exact) mass is 223 g/mol. The predicted molar refractivity (Wildman–Crippen MR) is 62.2 cm³/mol. The first-order chi connectivity index (χ1) is 7.33. The average Bonchev–Trinajstić information content (AvgIpc) is 2.81. The van der Waals surface area contributed by atoms with Gasteiger partial charge in [0, 0.05) is 11.3 Å². The lowest BCUT2D eigenvalue weighted by Crippen LogP contribution is -2.27. The second-order valence-electron chi connectivity index (χ2n) is 4.30. The second kappa shape index (κ2) is 4.88. The molecule has 0 N–H and O–H groups in total. The normalized spacial score (nSPS) is 26.5. The van der Waals surface area contributed by atoms with E-state index in [2.05, 4.69) is 11.9 Å². The Hall–Kier alpha value is -0.700. The topological polar surface area (TPSA) is 30.0 Å². The van der Waals surface area contributed by atoms with Crippen molar-refractivity contribution in [3.05, 3.63) is 16.6 Å². The Morgan fingerprint density at radius 2 is 2.33 bits per heavy atom. The maximum atomic E-state index is 12.2. The van der Waals surface area contributed by atoms with Crippen molar-refractivity contribution >= 4 is 17.1 Å². The smallest absolute Gasteiger partial charge is 0.185 e. The van der Waals surface area contributed by atoms with Crippen molar-refractivity contribution in [3.8, 4) is 0 Å². The number of hydrogen-bond donors (Lipinski definition) is 0. The van der Waals surface area contributed by atoms with Crippen LogP contribution in [0.3, 0.4) is 0 Å². The number of Topliss-reactive ketones (excluding diaryl/α,β-unsaturated/α-hetero) is 1. The van der Waals surface area contributed by atoms with E-state index in [1.807, 2.05) is 5.38 Å². The largest absolute Gasteiger partial charge is 0.292 e. The van der Waals surface area contributed by atoms with E-state index in [4.69, 9.17) is 0 Å². The molecule has 3 heteroatoms. The Balaban J connectivity index is 2.11. The molecule has 1 heterocycles. The number of rotatable bonds is 3. The van der Waals surface area contributed by atoms with Crippen molar-refractivity contribution in [2.24, 2.45) is 11.8 Å². The summed E-state index contributed by atoms with van der Waals surface area (Å²) in [4.78, 5) is 16.3. The molecule has 1 saturated carbocycles. The minimum Gasteiger partial charge on any atom is -0.292 e. The first-order valence-electron chi connectivity index (χ1n) is 5.75. The van der Waals surface area contributed by atoms with Crippen molar-refractivity contribution in [1.29, 1.82) is 0 Å². The molecule has 2 nitrogen and oxygen atoms in total. The fraction of sp³-hybridized carbons (Fsp3) is 0.667. The van der Waals surface area contributed by atoms with E-state index < -0.39 is 0 Å². The maximum absolute atomic E-state index is 12.2. The van der Waals surface area contributed by atoms with E-state index in [-0.39, 0.29) is 11.7 Å². The predicted octanol–water partition coefficient (Wildman–Crippen LogP) is 3.54. The molecule has 2 rings (SSSR count). The zero-order valence-corrected chi connectivity index (χ0v) is 9.93. The average molecular weight is 223 g/mol. The number of nitrogens with zero attached hydrogens (tertiary/aromatic N) is 1. The Labute approximate surface area is 94.7 Å². The van der Waals surface area contributed by atoms with Crippen molar-refractivity contribution in [3.63, 3.8) is 0 Å². The summed E-state index contributed by atoms with van der Waals surface area (Å²) in [5.41, 5.74) is 2.43. The van der Waals surface area contributed by atoms with E-state index in [1.54, 1.807) is 5.51 Å². The van der Waals surface area contributed by atoms with Crippen LogP contribution in [0.15, 0.2) is 10.9 Å². The lowest BCUT2D eigenvalue weighted by atomic mass is 9.75. The third-order valence-electron chi connectivity index (χ3n) is 3.45. The molecule has 1 aliphatic rings. The van der Waals surface area contributed by atoms with Crippen molar-refractivity contribution in [2.75, 3.05) is 0 Å². The van der Waals surface area contributed by atoms with Gasteiger partial charge in [0.25, 0.3) is 0 Å². The third kappa shape index (κ3) is 2.28. The molecular weight excluding hydrogens is 206 g/mol. The molecule has 0 spiro atoms. The van der Waals surface area contributed by atoms with Crippen LogP contribution in [0.25, 0.3) is 0 Å². The van der Waals surface area contributed by atoms with Gasteiger partial charge in [0.2, 0.25) is 0 Å². The first-order valence-corrected chi connectivity index (χ1v) is 6.69. The van der Waals surface area contributed by atoms with Crippen LogP contribution in [0, 0.1) is 11.8 Å². The van der Waals surface area contributed by atoms with Crippen LogP contribution in [-0.4, -0.2) is 10.8 Å². The molecular formula is C12H17NOS. The standard InChI is InChI=1S/C12H17NOS/c1-2-9-5-3-4-6-10(9)12(14)11-7-15-8-13-11/h7-10H,2-6H2,1H3. The number of carbonyl (C=O) groups is 1. The molecule has 0 aromatic carbocycles. The Morgan fingerprint density at radius 1 is 1.53 bits per heavy atom. The number of carbonyl (C=O) groups excluding carboxylic acids is 1. The highest BCUT2D eigenvalue weighted by molar-refractivity contribution is 7.07. The van der Waals surface area contributed by atoms with Gasteiger partial charge < -0.3 is 0 Å². The molecule has 2 atom stereocenters. The number of thiazole rings is 1. The van der Waals surface area contributed by atoms with Crippen LogP contribution in [0.5, 0.6) is 0 Å². The van der Waals surface area contributed by atoms with Gasteiger partial charge >= 0.3 is 0 Å². The van der Waals surface area contributed by atoms with Gasteiger partial charge in [-0.05, 0) is 18.8 Å². The van der Waals surface area contributed by atoms with Crippen LogP contribution in [0.2, 0.25) is 0 Å². The molecule has 0 radical (unpaired) electrons. The van der Waals surface area contributed by atoms with Gasteiger partial charge in [0.05, 0.1) is 5.51 Å². The lowest BCUT2D eigenvalue weighted by molar-refractivity contribution is 0.0815. The lowest BCUT2D eigenvalue weighted by Gasteiger charge is -2.29. The number of hydrogen-bond acceptors (Lipinski definition) is 3. The summed E-state index contributed by atoms with van der Waals surface area (Å²) in [6.07, 6.45) is 5.91. The summed E-state index contributed by atoms with van der Waals surface area (Å²) < 4.78 is 0. The van der Waals surface area contributed by atoms with Crippen LogP contribution in [-0.2, 0) is 0 Å². The van der Waals surface area contributed by atoms with Gasteiger partial charge in [-0.25, -0.2) is 4.98 Å². The van der Waals surface area contributed by atoms with E-state index >= 15 is 0 Å². The van der Waals surface area contributed by atoms with Crippen LogP contribution >= 0.6 is 11.3 Å². The highest BCUT2D eigenvalue weighted by Crippen LogP contribution is 2.34. The van der Waals surface area contributed by atoms with Gasteiger partial charge in [0.1, 0.15) is 5.69 Å². The fourth-order valence-electron chi connectivity index (χ4n) is 2.57. The van der Waals surface area contributed by atoms with Crippen LogP contribution < -0.4 is 0 Å².